The average molecular weight is 382 g/mol. The summed E-state index contributed by atoms with van der Waals surface area (Å²) < 4.78 is 0. The van der Waals surface area contributed by atoms with Crippen molar-refractivity contribution in [3.05, 3.63) is 46.5 Å². The van der Waals surface area contributed by atoms with E-state index in [4.69, 9.17) is 0 Å². The number of hydrogen-bond donors (Lipinski definition) is 0. The smallest absolute Gasteiger partial charge is 0.261 e. The second-order valence-corrected chi connectivity index (χ2v) is 8.01. The van der Waals surface area contributed by atoms with Crippen LogP contribution in [0.15, 0.2) is 29.8 Å². The third-order valence-corrected chi connectivity index (χ3v) is 5.95. The van der Waals surface area contributed by atoms with Gasteiger partial charge in [-0.2, -0.15) is 0 Å². The van der Waals surface area contributed by atoms with E-state index in [1.165, 1.54) is 10.5 Å². The van der Waals surface area contributed by atoms with Gasteiger partial charge in [0.05, 0.1) is 0 Å². The molecule has 1 atom stereocenters. The zero-order chi connectivity index (χ0) is 21.1. The highest BCUT2D eigenvalue weighted by Gasteiger charge is 2.44. The monoisotopic (exact) mass is 381 g/mol. The first-order valence-corrected chi connectivity index (χ1v) is 10.8. The molecule has 2 aliphatic rings. The Morgan fingerprint density at radius 3 is 2.36 bits per heavy atom. The molecular formula is C25H35NO2. The number of hydrogen-bond acceptors (Lipinski definition) is 2. The van der Waals surface area contributed by atoms with Crippen LogP contribution in [0.3, 0.4) is 0 Å². The molecule has 0 N–H and O–H groups in total. The number of nitrogens with zero attached hydrogens (tertiary/aromatic N) is 1. The molecule has 28 heavy (non-hydrogen) atoms. The predicted octanol–water partition coefficient (Wildman–Crippen LogP) is 6.49. The van der Waals surface area contributed by atoms with Gasteiger partial charge in [0, 0.05) is 22.2 Å². The predicted molar refractivity (Wildman–Crippen MR) is 118 cm³/mol. The van der Waals surface area contributed by atoms with E-state index in [9.17, 15) is 9.59 Å². The van der Waals surface area contributed by atoms with E-state index in [1.807, 2.05) is 45.0 Å². The van der Waals surface area contributed by atoms with Crippen LogP contribution in [-0.2, 0) is 4.79 Å². The fourth-order valence-corrected chi connectivity index (χ4v) is 4.16. The Balaban J connectivity index is 0.00000136. The maximum absolute atomic E-state index is 13.4. The fourth-order valence-electron chi connectivity index (χ4n) is 4.16. The number of amides is 2. The summed E-state index contributed by atoms with van der Waals surface area (Å²) >= 11 is 0. The summed E-state index contributed by atoms with van der Waals surface area (Å²) in [6.07, 6.45) is 7.46. The zero-order valence-electron chi connectivity index (χ0n) is 18.6. The van der Waals surface area contributed by atoms with Crippen molar-refractivity contribution >= 4 is 23.5 Å². The van der Waals surface area contributed by atoms with Gasteiger partial charge in [-0.1, -0.05) is 77.8 Å². The molecule has 1 aliphatic carbocycles. The first kappa shape index (κ1) is 22.1. The standard InChI is InChI=1S/C23H29NO2.C2H6/c1-6-13-23(5,7-2)24-21(25)18-10-8-9-17-14-16(15(3)4)11-12-19(20(17)18)22(24)26;1-2/h8-10,12,14-15H,6-7,11,13H2,1-5H3;1-2H3. The van der Waals surface area contributed by atoms with E-state index in [1.54, 1.807) is 0 Å². The number of allylic oxidation sites excluding steroid dienone is 2. The van der Waals surface area contributed by atoms with Crippen LogP contribution in [0.25, 0.3) is 11.6 Å². The summed E-state index contributed by atoms with van der Waals surface area (Å²) in [5, 5.41) is 0. The molecule has 0 spiro atoms. The van der Waals surface area contributed by atoms with Crippen molar-refractivity contribution in [1.29, 1.82) is 0 Å². The molecule has 1 heterocycles. The molecule has 1 aliphatic heterocycles. The Kier molecular flexibility index (Phi) is 7.03. The van der Waals surface area contributed by atoms with Crippen molar-refractivity contribution in [2.24, 2.45) is 5.92 Å². The van der Waals surface area contributed by atoms with Gasteiger partial charge >= 0.3 is 0 Å². The lowest BCUT2D eigenvalue weighted by Gasteiger charge is -2.42. The van der Waals surface area contributed by atoms with Gasteiger partial charge in [-0.3, -0.25) is 14.5 Å². The normalized spacial score (nSPS) is 17.8. The van der Waals surface area contributed by atoms with E-state index in [0.717, 1.165) is 36.8 Å². The molecule has 0 bridgehead atoms. The maximum Gasteiger partial charge on any atom is 0.261 e. The van der Waals surface area contributed by atoms with E-state index in [0.29, 0.717) is 17.1 Å². The minimum atomic E-state index is -0.446. The molecule has 1 aromatic rings. The van der Waals surface area contributed by atoms with Crippen molar-refractivity contribution in [3.63, 3.8) is 0 Å². The Hall–Kier alpha value is -2.16. The largest absolute Gasteiger partial charge is 0.269 e. The lowest BCUT2D eigenvalue weighted by molar-refractivity contribution is -0.127. The molecule has 1 unspecified atom stereocenters. The van der Waals surface area contributed by atoms with Crippen LogP contribution >= 0.6 is 0 Å². The summed E-state index contributed by atoms with van der Waals surface area (Å²) in [4.78, 5) is 28.3. The molecule has 0 saturated heterocycles. The van der Waals surface area contributed by atoms with Gasteiger partial charge in [0.1, 0.15) is 0 Å². The summed E-state index contributed by atoms with van der Waals surface area (Å²) in [7, 11) is 0. The highest BCUT2D eigenvalue weighted by atomic mass is 16.2. The summed E-state index contributed by atoms with van der Waals surface area (Å²) in [5.74, 6) is 0.125. The molecule has 3 heteroatoms. The van der Waals surface area contributed by atoms with Gasteiger partial charge in [0.25, 0.3) is 11.8 Å². The lowest BCUT2D eigenvalue weighted by Crippen LogP contribution is -2.55. The molecule has 3 nitrogen and oxygen atoms in total. The van der Waals surface area contributed by atoms with Gasteiger partial charge in [0.2, 0.25) is 0 Å². The SMILES string of the molecule is CC.CCCC(C)(CC)N1C(=O)C2=CCC(C(C)C)=Cc3cccc(c32)C1=O. The van der Waals surface area contributed by atoms with Crippen molar-refractivity contribution in [2.75, 3.05) is 0 Å². The van der Waals surface area contributed by atoms with Gasteiger partial charge in [-0.05, 0) is 43.7 Å². The quantitative estimate of drug-likeness (QED) is 0.547. The molecule has 3 rings (SSSR count). The molecule has 152 valence electrons. The van der Waals surface area contributed by atoms with Crippen LogP contribution in [0, 0.1) is 5.92 Å². The fraction of sp³-hybridized carbons (Fsp3) is 0.520. The number of benzene rings is 1. The van der Waals surface area contributed by atoms with Crippen LogP contribution in [0.2, 0.25) is 0 Å². The number of carbonyl (C=O) groups excluding carboxylic acids is 2. The number of rotatable bonds is 5. The third kappa shape index (κ3) is 3.72. The molecule has 0 radical (unpaired) electrons. The van der Waals surface area contributed by atoms with Crippen molar-refractivity contribution in [2.45, 2.75) is 79.7 Å². The summed E-state index contributed by atoms with van der Waals surface area (Å²) in [6, 6.07) is 5.81. The van der Waals surface area contributed by atoms with E-state index in [-0.39, 0.29) is 11.8 Å². The molecule has 1 aromatic carbocycles. The second-order valence-electron chi connectivity index (χ2n) is 8.01. The van der Waals surface area contributed by atoms with Crippen molar-refractivity contribution in [1.82, 2.24) is 4.90 Å². The minimum Gasteiger partial charge on any atom is -0.269 e. The summed E-state index contributed by atoms with van der Waals surface area (Å²) in [5.41, 5.74) is 4.01. The lowest BCUT2D eigenvalue weighted by atomic mass is 9.83. The third-order valence-electron chi connectivity index (χ3n) is 5.95. The van der Waals surface area contributed by atoms with Crippen LogP contribution in [0.1, 0.15) is 95.6 Å². The van der Waals surface area contributed by atoms with Crippen LogP contribution in [0.5, 0.6) is 0 Å². The second kappa shape index (κ2) is 8.89. The van der Waals surface area contributed by atoms with Crippen LogP contribution in [0.4, 0.5) is 0 Å². The van der Waals surface area contributed by atoms with Crippen molar-refractivity contribution in [3.8, 4) is 0 Å². The van der Waals surface area contributed by atoms with Gasteiger partial charge in [-0.15, -0.1) is 0 Å². The van der Waals surface area contributed by atoms with Gasteiger partial charge < -0.3 is 0 Å². The number of imide groups is 1. The van der Waals surface area contributed by atoms with Gasteiger partial charge in [0.15, 0.2) is 0 Å². The van der Waals surface area contributed by atoms with E-state index < -0.39 is 5.54 Å². The van der Waals surface area contributed by atoms with E-state index in [2.05, 4.69) is 33.8 Å². The van der Waals surface area contributed by atoms with Crippen LogP contribution in [-0.4, -0.2) is 22.3 Å². The molecule has 0 saturated carbocycles. The molecule has 0 fully saturated rings. The van der Waals surface area contributed by atoms with Crippen LogP contribution < -0.4 is 0 Å². The minimum absolute atomic E-state index is 0.133. The Bertz CT molecular complexity index is 816. The Labute approximate surface area is 170 Å². The Morgan fingerprint density at radius 2 is 1.79 bits per heavy atom. The first-order chi connectivity index (χ1) is 13.3. The highest BCUT2D eigenvalue weighted by molar-refractivity contribution is 6.32. The maximum atomic E-state index is 13.4. The van der Waals surface area contributed by atoms with Gasteiger partial charge in [-0.25, -0.2) is 0 Å². The Morgan fingerprint density at radius 1 is 1.11 bits per heavy atom. The zero-order valence-corrected chi connectivity index (χ0v) is 18.6. The van der Waals surface area contributed by atoms with E-state index >= 15 is 0 Å². The first-order valence-electron chi connectivity index (χ1n) is 10.8. The average Bonchev–Trinajstić information content (AvgIpc) is 2.89. The highest BCUT2D eigenvalue weighted by Crippen LogP contribution is 2.40. The topological polar surface area (TPSA) is 37.4 Å². The van der Waals surface area contributed by atoms with Crippen molar-refractivity contribution < 1.29 is 9.59 Å². The number of carbonyl (C=O) groups is 2. The summed E-state index contributed by atoms with van der Waals surface area (Å²) in [6.45, 7) is 14.5. The molecule has 0 aromatic heterocycles. The molecule has 2 amide bonds. The molecular weight excluding hydrogens is 346 g/mol.